The Morgan fingerprint density at radius 3 is 2.65 bits per heavy atom. The maximum Gasteiger partial charge on any atom is 0.129 e. The number of aromatic nitrogens is 2. The van der Waals surface area contributed by atoms with Crippen LogP contribution in [-0.4, -0.2) is 9.78 Å². The van der Waals surface area contributed by atoms with Crippen LogP contribution in [0.15, 0.2) is 18.2 Å². The van der Waals surface area contributed by atoms with Crippen molar-refractivity contribution in [1.29, 1.82) is 0 Å². The lowest BCUT2D eigenvalue weighted by Gasteiger charge is -2.13. The second-order valence-corrected chi connectivity index (χ2v) is 5.48. The van der Waals surface area contributed by atoms with Crippen molar-refractivity contribution in [2.75, 3.05) is 0 Å². The molecule has 1 unspecified atom stereocenters. The van der Waals surface area contributed by atoms with Gasteiger partial charge in [0.25, 0.3) is 0 Å². The first kappa shape index (κ1) is 15.3. The van der Waals surface area contributed by atoms with Gasteiger partial charge in [-0.15, -0.1) is 0 Å². The molecule has 2 aromatic rings. The van der Waals surface area contributed by atoms with Gasteiger partial charge in [-0.25, -0.2) is 4.39 Å². The fourth-order valence-corrected chi connectivity index (χ4v) is 2.69. The average Bonchev–Trinajstić information content (AvgIpc) is 2.66. The molecule has 0 bridgehead atoms. The molecule has 1 aromatic heterocycles. The van der Waals surface area contributed by atoms with Crippen molar-refractivity contribution >= 4 is 23.2 Å². The topological polar surface area (TPSA) is 43.8 Å². The number of nitrogens with two attached hydrogens (primary N) is 1. The van der Waals surface area contributed by atoms with Gasteiger partial charge < -0.3 is 5.73 Å². The highest BCUT2D eigenvalue weighted by Gasteiger charge is 2.19. The molecule has 3 nitrogen and oxygen atoms in total. The van der Waals surface area contributed by atoms with Crippen LogP contribution in [0.3, 0.4) is 0 Å². The van der Waals surface area contributed by atoms with Crippen molar-refractivity contribution < 1.29 is 4.39 Å². The van der Waals surface area contributed by atoms with Gasteiger partial charge in [-0.2, -0.15) is 5.10 Å². The maximum absolute atomic E-state index is 13.9. The van der Waals surface area contributed by atoms with E-state index in [9.17, 15) is 4.39 Å². The summed E-state index contributed by atoms with van der Waals surface area (Å²) in [6.07, 6.45) is 1.16. The highest BCUT2D eigenvalue weighted by Crippen LogP contribution is 2.27. The fraction of sp³-hybridized carbons (Fsp3) is 0.357. The normalized spacial score (nSPS) is 12.7. The molecule has 0 saturated heterocycles. The predicted octanol–water partition coefficient (Wildman–Crippen LogP) is 3.67. The van der Waals surface area contributed by atoms with Gasteiger partial charge in [-0.3, -0.25) is 4.68 Å². The fourth-order valence-electron chi connectivity index (χ4n) is 2.16. The second-order valence-electron chi connectivity index (χ2n) is 4.66. The van der Waals surface area contributed by atoms with Crippen molar-refractivity contribution in [2.24, 2.45) is 12.8 Å². The van der Waals surface area contributed by atoms with Gasteiger partial charge in [0.05, 0.1) is 16.4 Å². The zero-order chi connectivity index (χ0) is 14.9. The van der Waals surface area contributed by atoms with E-state index in [1.807, 2.05) is 14.0 Å². The number of benzene rings is 1. The third-order valence-electron chi connectivity index (χ3n) is 3.28. The summed E-state index contributed by atoms with van der Waals surface area (Å²) in [5, 5.41) is 5.29. The summed E-state index contributed by atoms with van der Waals surface area (Å²) in [6.45, 7) is 1.98. The zero-order valence-corrected chi connectivity index (χ0v) is 12.8. The number of hydrogen-bond acceptors (Lipinski definition) is 2. The Balaban J connectivity index is 2.27. The lowest BCUT2D eigenvalue weighted by Crippen LogP contribution is -2.17. The van der Waals surface area contributed by atoms with Crippen molar-refractivity contribution in [3.63, 3.8) is 0 Å². The van der Waals surface area contributed by atoms with Gasteiger partial charge in [-0.1, -0.05) is 36.2 Å². The van der Waals surface area contributed by atoms with Crippen LogP contribution in [0.1, 0.15) is 29.9 Å². The minimum atomic E-state index is -0.495. The molecule has 1 atom stereocenters. The Kier molecular flexibility index (Phi) is 4.68. The molecule has 20 heavy (non-hydrogen) atoms. The molecule has 0 aliphatic rings. The lowest BCUT2D eigenvalue weighted by atomic mass is 10.0. The van der Waals surface area contributed by atoms with Gasteiger partial charge in [0.1, 0.15) is 5.82 Å². The summed E-state index contributed by atoms with van der Waals surface area (Å²) >= 11 is 12.0. The molecular weight excluding hydrogens is 300 g/mol. The van der Waals surface area contributed by atoms with E-state index < -0.39 is 11.9 Å². The van der Waals surface area contributed by atoms with E-state index >= 15 is 0 Å². The standard InChI is InChI=1S/C14H16Cl2FN3/c1-3-12-14(16)13(20(2)19-12)7-11(18)9-5-4-8(15)6-10(9)17/h4-6,11H,3,7,18H2,1-2H3. The van der Waals surface area contributed by atoms with Crippen LogP contribution < -0.4 is 5.73 Å². The molecule has 108 valence electrons. The highest BCUT2D eigenvalue weighted by molar-refractivity contribution is 6.32. The van der Waals surface area contributed by atoms with Crippen LogP contribution in [0.5, 0.6) is 0 Å². The molecule has 0 aliphatic carbocycles. The van der Waals surface area contributed by atoms with E-state index in [4.69, 9.17) is 28.9 Å². The maximum atomic E-state index is 13.9. The molecule has 0 spiro atoms. The number of aryl methyl sites for hydroxylation is 2. The second kappa shape index (κ2) is 6.12. The van der Waals surface area contributed by atoms with Gasteiger partial charge >= 0.3 is 0 Å². The minimum Gasteiger partial charge on any atom is -0.324 e. The number of nitrogens with zero attached hydrogens (tertiary/aromatic N) is 2. The number of hydrogen-bond donors (Lipinski definition) is 1. The van der Waals surface area contributed by atoms with Gasteiger partial charge in [0, 0.05) is 30.1 Å². The van der Waals surface area contributed by atoms with Crippen LogP contribution in [-0.2, 0) is 19.9 Å². The van der Waals surface area contributed by atoms with Gasteiger partial charge in [-0.05, 0) is 18.6 Å². The lowest BCUT2D eigenvalue weighted by molar-refractivity contribution is 0.569. The first-order valence-corrected chi connectivity index (χ1v) is 7.10. The van der Waals surface area contributed by atoms with Gasteiger partial charge in [0.15, 0.2) is 0 Å². The number of rotatable bonds is 4. The molecule has 0 amide bonds. The molecule has 6 heteroatoms. The van der Waals surface area contributed by atoms with Gasteiger partial charge in [0.2, 0.25) is 0 Å². The molecule has 0 aliphatic heterocycles. The predicted molar refractivity (Wildman–Crippen MR) is 79.6 cm³/mol. The minimum absolute atomic E-state index is 0.352. The van der Waals surface area contributed by atoms with Crippen LogP contribution in [0, 0.1) is 5.82 Å². The molecule has 2 rings (SSSR count). The third kappa shape index (κ3) is 2.97. The average molecular weight is 316 g/mol. The first-order chi connectivity index (χ1) is 9.43. The van der Waals surface area contributed by atoms with Crippen molar-refractivity contribution in [3.05, 3.63) is 51.0 Å². The monoisotopic (exact) mass is 315 g/mol. The molecule has 0 saturated carbocycles. The summed E-state index contributed by atoms with van der Waals surface area (Å²) in [4.78, 5) is 0. The first-order valence-electron chi connectivity index (χ1n) is 6.34. The summed E-state index contributed by atoms with van der Waals surface area (Å²) in [7, 11) is 1.81. The van der Waals surface area contributed by atoms with Crippen molar-refractivity contribution in [3.8, 4) is 0 Å². The molecular formula is C14H16Cl2FN3. The van der Waals surface area contributed by atoms with Crippen LogP contribution in [0.2, 0.25) is 10.0 Å². The Morgan fingerprint density at radius 1 is 1.40 bits per heavy atom. The molecule has 2 N–H and O–H groups in total. The van der Waals surface area contributed by atoms with E-state index in [2.05, 4.69) is 5.10 Å². The summed E-state index contributed by atoms with van der Waals surface area (Å²) < 4.78 is 15.6. The summed E-state index contributed by atoms with van der Waals surface area (Å²) in [6, 6.07) is 4.00. The number of halogens is 3. The Bertz CT molecular complexity index is 625. The summed E-state index contributed by atoms with van der Waals surface area (Å²) in [5.74, 6) is -0.404. The Labute approximate surface area is 127 Å². The molecule has 0 fully saturated rings. The molecule has 0 radical (unpaired) electrons. The smallest absolute Gasteiger partial charge is 0.129 e. The highest BCUT2D eigenvalue weighted by atomic mass is 35.5. The SMILES string of the molecule is CCc1nn(C)c(CC(N)c2ccc(Cl)cc2F)c1Cl. The zero-order valence-electron chi connectivity index (χ0n) is 11.3. The quantitative estimate of drug-likeness (QED) is 0.935. The van der Waals surface area contributed by atoms with Crippen LogP contribution >= 0.6 is 23.2 Å². The Hall–Kier alpha value is -1.10. The van der Waals surface area contributed by atoms with Crippen molar-refractivity contribution in [1.82, 2.24) is 9.78 Å². The van der Waals surface area contributed by atoms with Crippen LogP contribution in [0.25, 0.3) is 0 Å². The largest absolute Gasteiger partial charge is 0.324 e. The van der Waals surface area contributed by atoms with E-state index in [-0.39, 0.29) is 0 Å². The third-order valence-corrected chi connectivity index (χ3v) is 3.95. The van der Waals surface area contributed by atoms with E-state index in [1.165, 1.54) is 6.07 Å². The molecule has 1 heterocycles. The summed E-state index contributed by atoms with van der Waals surface area (Å²) in [5.41, 5.74) is 8.14. The van der Waals surface area contributed by atoms with Crippen molar-refractivity contribution in [2.45, 2.75) is 25.8 Å². The molecule has 1 aromatic carbocycles. The van der Waals surface area contributed by atoms with E-state index in [0.717, 1.165) is 17.8 Å². The van der Waals surface area contributed by atoms with E-state index in [0.29, 0.717) is 22.0 Å². The van der Waals surface area contributed by atoms with E-state index in [1.54, 1.807) is 16.8 Å². The van der Waals surface area contributed by atoms with Crippen LogP contribution in [0.4, 0.5) is 4.39 Å². The Morgan fingerprint density at radius 2 is 2.10 bits per heavy atom.